The molecule has 1 N–H and O–H groups in total. The van der Waals surface area contributed by atoms with E-state index in [4.69, 9.17) is 23.5 Å². The molecule has 15 heteroatoms. The molecule has 13 nitrogen and oxygen atoms in total. The SMILES string of the molecule is CCN(CCOCCOCCOCCOCC[N+](C)(C)CCCS(=O)(=O)O)c1ccc(N=Nc2sc(C#N)c(C)c2C#N)c(C)c1. The van der Waals surface area contributed by atoms with Crippen molar-refractivity contribution in [2.75, 3.05) is 104 Å². The quantitative estimate of drug-likeness (QED) is 0.0748. The number of azo groups is 1. The molecule has 2 rings (SSSR count). The minimum atomic E-state index is -3.91. The van der Waals surface area contributed by atoms with Crippen LogP contribution < -0.4 is 4.90 Å². The lowest BCUT2D eigenvalue weighted by atomic mass is 10.1. The van der Waals surface area contributed by atoms with E-state index in [0.29, 0.717) is 97.0 Å². The molecule has 0 fully saturated rings. The van der Waals surface area contributed by atoms with Crippen LogP contribution in [-0.4, -0.2) is 116 Å². The highest BCUT2D eigenvalue weighted by Crippen LogP contribution is 2.36. The van der Waals surface area contributed by atoms with E-state index >= 15 is 0 Å². The number of aryl methyl sites for hydroxylation is 1. The van der Waals surface area contributed by atoms with Crippen LogP contribution in [0, 0.1) is 36.5 Å². The molecule has 0 radical (unpaired) electrons. The van der Waals surface area contributed by atoms with Crippen LogP contribution in [0.2, 0.25) is 0 Å². The maximum absolute atomic E-state index is 10.8. The Hall–Kier alpha value is -2.99. The number of anilines is 1. The molecule has 1 aromatic carbocycles. The van der Waals surface area contributed by atoms with E-state index < -0.39 is 10.1 Å². The molecule has 1 heterocycles. The van der Waals surface area contributed by atoms with Gasteiger partial charge in [0.1, 0.15) is 23.6 Å². The molecule has 0 saturated heterocycles. The number of quaternary nitrogens is 1. The van der Waals surface area contributed by atoms with Crippen LogP contribution in [0.25, 0.3) is 0 Å². The van der Waals surface area contributed by atoms with Gasteiger partial charge in [-0.2, -0.15) is 18.9 Å². The van der Waals surface area contributed by atoms with Crippen LogP contribution in [0.5, 0.6) is 0 Å². The zero-order chi connectivity index (χ0) is 34.0. The third kappa shape index (κ3) is 14.6. The summed E-state index contributed by atoms with van der Waals surface area (Å²) in [7, 11) is 0.0784. The van der Waals surface area contributed by atoms with Gasteiger partial charge in [0.25, 0.3) is 10.1 Å². The van der Waals surface area contributed by atoms with Gasteiger partial charge in [0, 0.05) is 25.2 Å². The highest BCUT2D eigenvalue weighted by atomic mass is 32.2. The summed E-state index contributed by atoms with van der Waals surface area (Å²) in [5, 5.41) is 27.7. The van der Waals surface area contributed by atoms with Gasteiger partial charge in [-0.25, -0.2) is 0 Å². The molecule has 0 aliphatic rings. The predicted molar refractivity (Wildman–Crippen MR) is 178 cm³/mol. The molecule has 1 aromatic heterocycles. The number of hydrogen-bond donors (Lipinski definition) is 1. The van der Waals surface area contributed by atoms with Gasteiger partial charge in [-0.3, -0.25) is 4.55 Å². The highest BCUT2D eigenvalue weighted by molar-refractivity contribution is 7.85. The Morgan fingerprint density at radius 3 is 2.07 bits per heavy atom. The average molecular weight is 680 g/mol. The number of ether oxygens (including phenoxy) is 4. The first-order chi connectivity index (χ1) is 21.9. The number of thiophene rings is 1. The molecule has 0 amide bonds. The summed E-state index contributed by atoms with van der Waals surface area (Å²) in [6, 6.07) is 10.2. The fraction of sp³-hybridized carbons (Fsp3) is 0.613. The second-order valence-corrected chi connectivity index (χ2v) is 13.8. The van der Waals surface area contributed by atoms with Gasteiger partial charge in [-0.15, -0.1) is 21.6 Å². The van der Waals surface area contributed by atoms with Crippen molar-refractivity contribution in [1.29, 1.82) is 10.5 Å². The molecule has 0 bridgehead atoms. The molecular formula is C31H47N6O7S2+. The van der Waals surface area contributed by atoms with E-state index in [1.807, 2.05) is 33.2 Å². The fourth-order valence-electron chi connectivity index (χ4n) is 4.36. The lowest BCUT2D eigenvalue weighted by molar-refractivity contribution is -0.890. The van der Waals surface area contributed by atoms with Crippen molar-refractivity contribution in [3.05, 3.63) is 39.8 Å². The van der Waals surface area contributed by atoms with Crippen molar-refractivity contribution in [1.82, 2.24) is 0 Å². The zero-order valence-corrected chi connectivity index (χ0v) is 29.2. The minimum Gasteiger partial charge on any atom is -0.377 e. The van der Waals surface area contributed by atoms with Crippen LogP contribution >= 0.6 is 11.3 Å². The lowest BCUT2D eigenvalue weighted by Crippen LogP contribution is -2.43. The molecule has 0 spiro atoms. The number of rotatable bonds is 23. The van der Waals surface area contributed by atoms with Crippen LogP contribution in [0.3, 0.4) is 0 Å². The van der Waals surface area contributed by atoms with Crippen LogP contribution in [-0.2, 0) is 29.1 Å². The van der Waals surface area contributed by atoms with Crippen molar-refractivity contribution in [3.8, 4) is 12.1 Å². The summed E-state index contributed by atoms with van der Waals surface area (Å²) in [5.41, 5.74) is 3.73. The maximum Gasteiger partial charge on any atom is 0.265 e. The number of likely N-dealkylation sites (N-methyl/N-ethyl adjacent to an activating group) is 2. The van der Waals surface area contributed by atoms with E-state index in [2.05, 4.69) is 40.3 Å². The second kappa shape index (κ2) is 20.3. The Kier molecular flexibility index (Phi) is 17.3. The fourth-order valence-corrected chi connectivity index (χ4v) is 5.73. The Morgan fingerprint density at radius 1 is 0.913 bits per heavy atom. The predicted octanol–water partition coefficient (Wildman–Crippen LogP) is 4.77. The van der Waals surface area contributed by atoms with Crippen LogP contribution in [0.15, 0.2) is 28.4 Å². The van der Waals surface area contributed by atoms with Gasteiger partial charge in [0.15, 0.2) is 5.00 Å². The van der Waals surface area contributed by atoms with Crippen LogP contribution in [0.4, 0.5) is 16.4 Å². The van der Waals surface area contributed by atoms with Gasteiger partial charge < -0.3 is 28.3 Å². The standard InChI is InChI=1S/C31H46N6O7S2/c1-6-36(27-8-9-29(25(2)22-27)34-35-31-28(23-32)26(3)30(24-33)45-31)10-13-41-15-17-43-19-20-44-18-16-42-14-12-37(4,5)11-7-21-46(38,39)40/h8-9,22H,6-7,10-21H2,1-5H3/p+1. The van der Waals surface area contributed by atoms with E-state index in [9.17, 15) is 18.9 Å². The Balaban J connectivity index is 1.57. The molecule has 0 saturated carbocycles. The first-order valence-electron chi connectivity index (χ1n) is 15.2. The number of benzene rings is 1. The second-order valence-electron chi connectivity index (χ2n) is 11.2. The van der Waals surface area contributed by atoms with Gasteiger partial charge in [-0.1, -0.05) is 0 Å². The number of nitriles is 2. The van der Waals surface area contributed by atoms with E-state index in [1.165, 1.54) is 11.3 Å². The van der Waals surface area contributed by atoms with Crippen molar-refractivity contribution in [2.24, 2.45) is 10.2 Å². The maximum atomic E-state index is 10.8. The van der Waals surface area contributed by atoms with Crippen molar-refractivity contribution < 1.29 is 36.4 Å². The summed E-state index contributed by atoms with van der Waals surface area (Å²) in [6.07, 6.45) is 0.401. The topological polar surface area (TPSA) is 167 Å². The third-order valence-corrected chi connectivity index (χ3v) is 9.03. The molecular weight excluding hydrogens is 633 g/mol. The Bertz CT molecular complexity index is 1450. The van der Waals surface area contributed by atoms with Gasteiger partial charge >= 0.3 is 0 Å². The third-order valence-electron chi connectivity index (χ3n) is 7.15. The first-order valence-corrected chi connectivity index (χ1v) is 17.6. The monoisotopic (exact) mass is 679 g/mol. The summed E-state index contributed by atoms with van der Waals surface area (Å²) in [4.78, 5) is 2.69. The van der Waals surface area contributed by atoms with Crippen molar-refractivity contribution in [2.45, 2.75) is 27.2 Å². The van der Waals surface area contributed by atoms with E-state index in [-0.39, 0.29) is 5.75 Å². The normalized spacial score (nSPS) is 12.0. The van der Waals surface area contributed by atoms with Crippen LogP contribution in [0.1, 0.15) is 34.9 Å². The summed E-state index contributed by atoms with van der Waals surface area (Å²) < 4.78 is 53.6. The average Bonchev–Trinajstić information content (AvgIpc) is 3.31. The molecule has 0 aliphatic carbocycles. The highest BCUT2D eigenvalue weighted by Gasteiger charge is 2.17. The molecule has 46 heavy (non-hydrogen) atoms. The van der Waals surface area contributed by atoms with Gasteiger partial charge in [0.2, 0.25) is 0 Å². The summed E-state index contributed by atoms with van der Waals surface area (Å²) >= 11 is 1.17. The number of hydrogen-bond acceptors (Lipinski definition) is 12. The first kappa shape index (κ1) is 39.2. The minimum absolute atomic E-state index is 0.224. The molecule has 254 valence electrons. The van der Waals surface area contributed by atoms with Gasteiger partial charge in [-0.05, 0) is 50.1 Å². The molecule has 0 aliphatic heterocycles. The van der Waals surface area contributed by atoms with E-state index in [1.54, 1.807) is 6.92 Å². The largest absolute Gasteiger partial charge is 0.377 e. The van der Waals surface area contributed by atoms with E-state index in [0.717, 1.165) is 30.9 Å². The summed E-state index contributed by atoms with van der Waals surface area (Å²) in [6.45, 7) is 12.6. The lowest BCUT2D eigenvalue weighted by Gasteiger charge is -2.29. The Morgan fingerprint density at radius 2 is 1.52 bits per heavy atom. The van der Waals surface area contributed by atoms with Gasteiger partial charge in [0.05, 0.1) is 90.5 Å². The van der Waals surface area contributed by atoms with Crippen molar-refractivity contribution >= 4 is 37.8 Å². The van der Waals surface area contributed by atoms with Crippen molar-refractivity contribution in [3.63, 3.8) is 0 Å². The summed E-state index contributed by atoms with van der Waals surface area (Å²) in [5.74, 6) is -0.224. The zero-order valence-electron chi connectivity index (χ0n) is 27.5. The molecule has 0 unspecified atom stereocenters. The Labute approximate surface area is 277 Å². The molecule has 0 atom stereocenters. The number of nitrogens with zero attached hydrogens (tertiary/aromatic N) is 6. The molecule has 2 aromatic rings. The smallest absolute Gasteiger partial charge is 0.265 e.